The lowest BCUT2D eigenvalue weighted by Gasteiger charge is -2.27. The van der Waals surface area contributed by atoms with Crippen molar-refractivity contribution in [2.24, 2.45) is 5.92 Å². The molecule has 1 aliphatic heterocycles. The lowest BCUT2D eigenvalue weighted by atomic mass is 9.84. The summed E-state index contributed by atoms with van der Waals surface area (Å²) in [5, 5.41) is 0. The van der Waals surface area contributed by atoms with E-state index in [4.69, 9.17) is 4.74 Å². The van der Waals surface area contributed by atoms with Gasteiger partial charge in [-0.25, -0.2) is 0 Å². The van der Waals surface area contributed by atoms with Crippen molar-refractivity contribution in [3.8, 4) is 5.75 Å². The van der Waals surface area contributed by atoms with Crippen LogP contribution in [0.25, 0.3) is 0 Å². The number of alkyl halides is 1. The second kappa shape index (κ2) is 5.01. The van der Waals surface area contributed by atoms with Crippen molar-refractivity contribution in [2.45, 2.75) is 49.5 Å². The van der Waals surface area contributed by atoms with Crippen LogP contribution < -0.4 is 4.74 Å². The zero-order valence-corrected chi connectivity index (χ0v) is 11.7. The molecule has 0 bridgehead atoms. The Kier molecular flexibility index (Phi) is 3.41. The molecule has 1 aliphatic carbocycles. The molecule has 1 aromatic rings. The smallest absolute Gasteiger partial charge is 0.123 e. The van der Waals surface area contributed by atoms with Gasteiger partial charge in [-0.05, 0) is 36.8 Å². The molecule has 1 heterocycles. The number of halogens is 1. The summed E-state index contributed by atoms with van der Waals surface area (Å²) in [6.45, 7) is 0. The van der Waals surface area contributed by atoms with Gasteiger partial charge < -0.3 is 4.74 Å². The summed E-state index contributed by atoms with van der Waals surface area (Å²) in [4.78, 5) is 0.741. The Hall–Kier alpha value is -0.500. The zero-order chi connectivity index (χ0) is 11.7. The van der Waals surface area contributed by atoms with Crippen LogP contribution in [0.15, 0.2) is 24.3 Å². The van der Waals surface area contributed by atoms with Gasteiger partial charge in [-0.3, -0.25) is 0 Å². The molecule has 2 aliphatic rings. The molecule has 1 nitrogen and oxygen atoms in total. The molecule has 17 heavy (non-hydrogen) atoms. The third-order valence-corrected chi connectivity index (χ3v) is 4.86. The molecule has 0 radical (unpaired) electrons. The van der Waals surface area contributed by atoms with E-state index in [1.807, 2.05) is 0 Å². The molecule has 2 heteroatoms. The van der Waals surface area contributed by atoms with E-state index in [2.05, 4.69) is 40.2 Å². The highest BCUT2D eigenvalue weighted by molar-refractivity contribution is 9.09. The van der Waals surface area contributed by atoms with E-state index in [9.17, 15) is 0 Å². The molecule has 92 valence electrons. The van der Waals surface area contributed by atoms with Gasteiger partial charge in [0, 0.05) is 11.2 Å². The average Bonchev–Trinajstić information content (AvgIpc) is 2.71. The highest BCUT2D eigenvalue weighted by Crippen LogP contribution is 2.36. The maximum Gasteiger partial charge on any atom is 0.123 e. The summed E-state index contributed by atoms with van der Waals surface area (Å²) < 4.78 is 6.03. The summed E-state index contributed by atoms with van der Waals surface area (Å²) in [5.74, 6) is 1.97. The Morgan fingerprint density at radius 2 is 2.12 bits per heavy atom. The summed E-state index contributed by atoms with van der Waals surface area (Å²) in [6, 6.07) is 8.48. The minimum Gasteiger partial charge on any atom is -0.490 e. The Morgan fingerprint density at radius 1 is 1.24 bits per heavy atom. The molecule has 3 atom stereocenters. The second-order valence-electron chi connectivity index (χ2n) is 5.42. The predicted molar refractivity (Wildman–Crippen MR) is 73.9 cm³/mol. The zero-order valence-electron chi connectivity index (χ0n) is 10.1. The normalized spacial score (nSPS) is 31.9. The quantitative estimate of drug-likeness (QED) is 0.738. The van der Waals surface area contributed by atoms with Crippen LogP contribution >= 0.6 is 15.9 Å². The average molecular weight is 295 g/mol. The minimum atomic E-state index is 0.426. The van der Waals surface area contributed by atoms with Gasteiger partial charge in [-0.1, -0.05) is 47.0 Å². The van der Waals surface area contributed by atoms with Crippen molar-refractivity contribution in [3.05, 3.63) is 29.8 Å². The van der Waals surface area contributed by atoms with Crippen LogP contribution in [0, 0.1) is 5.92 Å². The molecular weight excluding hydrogens is 276 g/mol. The van der Waals surface area contributed by atoms with Crippen LogP contribution in [-0.4, -0.2) is 10.9 Å². The van der Waals surface area contributed by atoms with Gasteiger partial charge in [0.1, 0.15) is 11.9 Å². The van der Waals surface area contributed by atoms with Gasteiger partial charge in [0.2, 0.25) is 0 Å². The van der Waals surface area contributed by atoms with E-state index in [1.165, 1.54) is 37.7 Å². The van der Waals surface area contributed by atoms with E-state index in [-0.39, 0.29) is 0 Å². The first kappa shape index (κ1) is 11.6. The number of ether oxygens (including phenoxy) is 1. The predicted octanol–water partition coefficient (Wildman–Crippen LogP) is 4.33. The van der Waals surface area contributed by atoms with E-state index < -0.39 is 0 Å². The fraction of sp³-hybridized carbons (Fsp3) is 0.600. The van der Waals surface area contributed by atoms with Gasteiger partial charge in [0.25, 0.3) is 0 Å². The molecule has 0 N–H and O–H groups in total. The number of rotatable bonds is 2. The maximum atomic E-state index is 6.03. The first-order valence-electron chi connectivity index (χ1n) is 6.70. The fourth-order valence-electron chi connectivity index (χ4n) is 3.20. The lowest BCUT2D eigenvalue weighted by molar-refractivity contribution is 0.177. The number of benzene rings is 1. The van der Waals surface area contributed by atoms with Crippen LogP contribution in [0.3, 0.4) is 0 Å². The van der Waals surface area contributed by atoms with E-state index in [0.717, 1.165) is 22.9 Å². The van der Waals surface area contributed by atoms with Gasteiger partial charge in [-0.15, -0.1) is 0 Å². The third-order valence-electron chi connectivity index (χ3n) is 4.03. The molecule has 3 rings (SSSR count). The maximum absolute atomic E-state index is 6.03. The van der Waals surface area contributed by atoms with Crippen molar-refractivity contribution >= 4 is 15.9 Å². The molecular formula is C15H19BrO. The van der Waals surface area contributed by atoms with Gasteiger partial charge in [-0.2, -0.15) is 0 Å². The molecule has 0 spiro atoms. The second-order valence-corrected chi connectivity index (χ2v) is 6.71. The summed E-state index contributed by atoms with van der Waals surface area (Å²) in [6.07, 6.45) is 8.21. The molecule has 0 amide bonds. The van der Waals surface area contributed by atoms with Gasteiger partial charge in [0.05, 0.1) is 0 Å². The molecule has 1 fully saturated rings. The Bertz CT molecular complexity index is 365. The topological polar surface area (TPSA) is 9.23 Å². The molecule has 0 aromatic heterocycles. The molecule has 1 aromatic carbocycles. The SMILES string of the molecule is BrC1CCCC(CC2Cc3ccccc3O2)C1. The van der Waals surface area contributed by atoms with Gasteiger partial charge in [0.15, 0.2) is 0 Å². The van der Waals surface area contributed by atoms with Crippen LogP contribution in [0.5, 0.6) is 5.75 Å². The number of para-hydroxylation sites is 1. The van der Waals surface area contributed by atoms with Crippen LogP contribution in [0.4, 0.5) is 0 Å². The van der Waals surface area contributed by atoms with Crippen molar-refractivity contribution < 1.29 is 4.74 Å². The summed E-state index contributed by atoms with van der Waals surface area (Å²) in [5.41, 5.74) is 1.39. The van der Waals surface area contributed by atoms with Crippen molar-refractivity contribution in [1.29, 1.82) is 0 Å². The van der Waals surface area contributed by atoms with E-state index in [0.29, 0.717) is 6.10 Å². The fourth-order valence-corrected chi connectivity index (χ4v) is 4.05. The molecule has 1 saturated carbocycles. The van der Waals surface area contributed by atoms with Gasteiger partial charge >= 0.3 is 0 Å². The molecule has 0 saturated heterocycles. The van der Waals surface area contributed by atoms with Crippen molar-refractivity contribution in [1.82, 2.24) is 0 Å². The first-order chi connectivity index (χ1) is 8.31. The van der Waals surface area contributed by atoms with E-state index >= 15 is 0 Å². The standard InChI is InChI=1S/C15H19BrO/c16-13-6-3-4-11(8-13)9-14-10-12-5-1-2-7-15(12)17-14/h1-2,5,7,11,13-14H,3-4,6,8-10H2. The highest BCUT2D eigenvalue weighted by Gasteiger charge is 2.28. The third kappa shape index (κ3) is 2.67. The van der Waals surface area contributed by atoms with E-state index in [1.54, 1.807) is 0 Å². The largest absolute Gasteiger partial charge is 0.490 e. The number of fused-ring (bicyclic) bond motifs is 1. The van der Waals surface area contributed by atoms with Crippen molar-refractivity contribution in [2.75, 3.05) is 0 Å². The highest BCUT2D eigenvalue weighted by atomic mass is 79.9. The monoisotopic (exact) mass is 294 g/mol. The molecule has 3 unspecified atom stereocenters. The van der Waals surface area contributed by atoms with Crippen LogP contribution in [0.1, 0.15) is 37.7 Å². The first-order valence-corrected chi connectivity index (χ1v) is 7.61. The Labute approximate surface area is 112 Å². The number of hydrogen-bond donors (Lipinski definition) is 0. The van der Waals surface area contributed by atoms with Crippen LogP contribution in [-0.2, 0) is 6.42 Å². The number of hydrogen-bond acceptors (Lipinski definition) is 1. The van der Waals surface area contributed by atoms with Crippen molar-refractivity contribution in [3.63, 3.8) is 0 Å². The minimum absolute atomic E-state index is 0.426. The Balaban J connectivity index is 1.58. The Morgan fingerprint density at radius 3 is 2.94 bits per heavy atom. The lowest BCUT2D eigenvalue weighted by Crippen LogP contribution is -2.23. The summed E-state index contributed by atoms with van der Waals surface area (Å²) >= 11 is 3.77. The summed E-state index contributed by atoms with van der Waals surface area (Å²) in [7, 11) is 0. The van der Waals surface area contributed by atoms with Crippen LogP contribution in [0.2, 0.25) is 0 Å².